The maximum absolute atomic E-state index is 15.1. The summed E-state index contributed by atoms with van der Waals surface area (Å²) in [6.45, 7) is 0.119. The normalized spacial score (nSPS) is 18.1. The number of benzene rings is 2. The molecule has 6 heteroatoms. The van der Waals surface area contributed by atoms with E-state index in [9.17, 15) is 4.79 Å². The van der Waals surface area contributed by atoms with Crippen LogP contribution in [0.2, 0.25) is 0 Å². The van der Waals surface area contributed by atoms with Crippen molar-refractivity contribution in [1.82, 2.24) is 0 Å². The summed E-state index contributed by atoms with van der Waals surface area (Å²) < 4.78 is 31.5. The fourth-order valence-corrected chi connectivity index (χ4v) is 3.89. The van der Waals surface area contributed by atoms with E-state index in [0.29, 0.717) is 40.1 Å². The molecule has 2 heterocycles. The highest BCUT2D eigenvalue weighted by atomic mass is 19.1. The van der Waals surface area contributed by atoms with Crippen molar-refractivity contribution in [3.63, 3.8) is 0 Å². The van der Waals surface area contributed by atoms with E-state index in [-0.39, 0.29) is 24.7 Å². The molecule has 3 aliphatic rings. The lowest BCUT2D eigenvalue weighted by atomic mass is 9.97. The van der Waals surface area contributed by atoms with Gasteiger partial charge in [-0.1, -0.05) is 12.8 Å². The lowest BCUT2D eigenvalue weighted by Crippen LogP contribution is -2.17. The maximum Gasteiger partial charge on any atom is 0.231 e. The zero-order chi connectivity index (χ0) is 17.7. The van der Waals surface area contributed by atoms with Crippen LogP contribution in [-0.2, 0) is 6.61 Å². The van der Waals surface area contributed by atoms with Crippen molar-refractivity contribution in [2.24, 2.45) is 0 Å². The van der Waals surface area contributed by atoms with E-state index in [2.05, 4.69) is 5.32 Å². The molecule has 0 radical (unpaired) electrons. The van der Waals surface area contributed by atoms with E-state index in [4.69, 9.17) is 14.2 Å². The summed E-state index contributed by atoms with van der Waals surface area (Å²) in [5, 5.41) is 3.27. The minimum absolute atomic E-state index is 0.000261. The summed E-state index contributed by atoms with van der Waals surface area (Å²) in [7, 11) is 0. The van der Waals surface area contributed by atoms with Gasteiger partial charge in [0.05, 0.1) is 11.3 Å². The standard InChI is InChI=1S/C20H18FNO4/c21-19-14-9-24-16-8-18-17(25-10-26-18)7-13(16)20(23)12(14)5-6-15(19)22-11-3-1-2-4-11/h5-8,11,22H,1-4,9-10H2. The van der Waals surface area contributed by atoms with Crippen molar-refractivity contribution in [2.75, 3.05) is 12.1 Å². The van der Waals surface area contributed by atoms with Crippen LogP contribution in [0, 0.1) is 5.82 Å². The zero-order valence-corrected chi connectivity index (χ0v) is 14.1. The molecule has 0 bridgehead atoms. The van der Waals surface area contributed by atoms with Gasteiger partial charge >= 0.3 is 0 Å². The summed E-state index contributed by atoms with van der Waals surface area (Å²) in [6.07, 6.45) is 4.41. The molecule has 5 rings (SSSR count). The first kappa shape index (κ1) is 15.5. The molecular formula is C20H18FNO4. The number of rotatable bonds is 2. The van der Waals surface area contributed by atoms with E-state index in [1.807, 2.05) is 0 Å². The highest BCUT2D eigenvalue weighted by Crippen LogP contribution is 2.41. The number of anilines is 1. The first-order valence-electron chi connectivity index (χ1n) is 8.90. The van der Waals surface area contributed by atoms with Crippen LogP contribution in [0.15, 0.2) is 24.3 Å². The van der Waals surface area contributed by atoms with Crippen LogP contribution in [0.3, 0.4) is 0 Å². The predicted molar refractivity (Wildman–Crippen MR) is 92.6 cm³/mol. The van der Waals surface area contributed by atoms with Crippen molar-refractivity contribution < 1.29 is 23.4 Å². The monoisotopic (exact) mass is 355 g/mol. The van der Waals surface area contributed by atoms with Gasteiger partial charge in [-0.15, -0.1) is 0 Å². The molecule has 2 aromatic rings. The minimum Gasteiger partial charge on any atom is -0.488 e. The molecule has 0 aromatic heterocycles. The number of carbonyl (C=O) groups excluding carboxylic acids is 1. The Kier molecular flexibility index (Phi) is 3.51. The van der Waals surface area contributed by atoms with Crippen LogP contribution >= 0.6 is 0 Å². The fraction of sp³-hybridized carbons (Fsp3) is 0.350. The van der Waals surface area contributed by atoms with Gasteiger partial charge < -0.3 is 19.5 Å². The van der Waals surface area contributed by atoms with Crippen LogP contribution in [0.1, 0.15) is 47.2 Å². The summed E-state index contributed by atoms with van der Waals surface area (Å²) in [5.74, 6) is 0.753. The smallest absolute Gasteiger partial charge is 0.231 e. The quantitative estimate of drug-likeness (QED) is 0.881. The molecule has 0 unspecified atom stereocenters. The maximum atomic E-state index is 15.1. The third-order valence-electron chi connectivity index (χ3n) is 5.29. The minimum atomic E-state index is -0.407. The second kappa shape index (κ2) is 5.90. The summed E-state index contributed by atoms with van der Waals surface area (Å²) in [5.41, 5.74) is 1.42. The molecule has 2 aliphatic heterocycles. The Bertz CT molecular complexity index is 905. The van der Waals surface area contributed by atoms with Gasteiger partial charge in [-0.05, 0) is 31.0 Å². The van der Waals surface area contributed by atoms with Crippen LogP contribution in [0.4, 0.5) is 10.1 Å². The Morgan fingerprint density at radius 1 is 0.962 bits per heavy atom. The van der Waals surface area contributed by atoms with Gasteiger partial charge in [0.15, 0.2) is 23.1 Å². The van der Waals surface area contributed by atoms with Crippen molar-refractivity contribution in [2.45, 2.75) is 38.3 Å². The molecule has 26 heavy (non-hydrogen) atoms. The molecule has 0 spiro atoms. The molecular weight excluding hydrogens is 337 g/mol. The average molecular weight is 355 g/mol. The van der Waals surface area contributed by atoms with Crippen molar-refractivity contribution in [3.8, 4) is 17.2 Å². The lowest BCUT2D eigenvalue weighted by molar-refractivity contribution is 0.103. The third kappa shape index (κ3) is 2.40. The van der Waals surface area contributed by atoms with Crippen LogP contribution in [-0.4, -0.2) is 18.6 Å². The van der Waals surface area contributed by atoms with Gasteiger partial charge in [-0.25, -0.2) is 4.39 Å². The zero-order valence-electron chi connectivity index (χ0n) is 14.1. The number of halogens is 1. The largest absolute Gasteiger partial charge is 0.488 e. The number of carbonyl (C=O) groups is 1. The Labute approximate surface area is 150 Å². The predicted octanol–water partition coefficient (Wildman–Crippen LogP) is 4.03. The second-order valence-electron chi connectivity index (χ2n) is 6.90. The first-order valence-corrected chi connectivity index (χ1v) is 8.90. The van der Waals surface area contributed by atoms with Gasteiger partial charge in [-0.2, -0.15) is 0 Å². The van der Waals surface area contributed by atoms with Crippen LogP contribution < -0.4 is 19.5 Å². The summed E-state index contributed by atoms with van der Waals surface area (Å²) in [6, 6.07) is 6.87. The number of ketones is 1. The molecule has 1 aliphatic carbocycles. The van der Waals surface area contributed by atoms with Crippen LogP contribution in [0.25, 0.3) is 0 Å². The Hall–Kier alpha value is -2.76. The van der Waals surface area contributed by atoms with E-state index in [0.717, 1.165) is 25.7 Å². The molecule has 0 atom stereocenters. The van der Waals surface area contributed by atoms with Gasteiger partial charge in [-0.3, -0.25) is 4.79 Å². The number of fused-ring (bicyclic) bond motifs is 3. The van der Waals surface area contributed by atoms with Crippen molar-refractivity contribution >= 4 is 11.5 Å². The van der Waals surface area contributed by atoms with Gasteiger partial charge in [0.25, 0.3) is 0 Å². The Balaban J connectivity index is 1.53. The summed E-state index contributed by atoms with van der Waals surface area (Å²) >= 11 is 0. The fourth-order valence-electron chi connectivity index (χ4n) is 3.89. The molecule has 1 N–H and O–H groups in total. The second-order valence-corrected chi connectivity index (χ2v) is 6.90. The lowest BCUT2D eigenvalue weighted by Gasteiger charge is -2.16. The Morgan fingerprint density at radius 3 is 2.54 bits per heavy atom. The molecule has 0 saturated heterocycles. The van der Waals surface area contributed by atoms with E-state index < -0.39 is 5.82 Å². The van der Waals surface area contributed by atoms with Crippen LogP contribution in [0.5, 0.6) is 17.2 Å². The number of hydrogen-bond acceptors (Lipinski definition) is 5. The van der Waals surface area contributed by atoms with E-state index in [1.165, 1.54) is 0 Å². The number of nitrogens with one attached hydrogen (secondary N) is 1. The molecule has 134 valence electrons. The van der Waals surface area contributed by atoms with Gasteiger partial charge in [0, 0.05) is 23.2 Å². The molecule has 0 amide bonds. The molecule has 1 saturated carbocycles. The van der Waals surface area contributed by atoms with Crippen molar-refractivity contribution in [1.29, 1.82) is 0 Å². The molecule has 1 fully saturated rings. The SMILES string of the molecule is O=C1c2cc3c(cc2OCc2c1ccc(NC1CCCC1)c2F)OCO3. The van der Waals surface area contributed by atoms with E-state index >= 15 is 4.39 Å². The third-order valence-corrected chi connectivity index (χ3v) is 5.29. The van der Waals surface area contributed by atoms with Gasteiger partial charge in [0.1, 0.15) is 12.4 Å². The molecule has 5 nitrogen and oxygen atoms in total. The highest BCUT2D eigenvalue weighted by Gasteiger charge is 2.29. The Morgan fingerprint density at radius 2 is 1.73 bits per heavy atom. The van der Waals surface area contributed by atoms with Crippen molar-refractivity contribution in [3.05, 3.63) is 46.8 Å². The average Bonchev–Trinajstić information content (AvgIpc) is 3.29. The highest BCUT2D eigenvalue weighted by molar-refractivity contribution is 6.12. The molecule has 2 aromatic carbocycles. The van der Waals surface area contributed by atoms with E-state index in [1.54, 1.807) is 24.3 Å². The number of ether oxygens (including phenoxy) is 3. The first-order chi connectivity index (χ1) is 12.7. The van der Waals surface area contributed by atoms with Gasteiger partial charge in [0.2, 0.25) is 6.79 Å². The summed E-state index contributed by atoms with van der Waals surface area (Å²) in [4.78, 5) is 13.0. The topological polar surface area (TPSA) is 56.8 Å². The number of hydrogen-bond donors (Lipinski definition) is 1.